The molecular formula is C19H21N5O2. The first-order valence-corrected chi connectivity index (χ1v) is 8.70. The number of nitrogens with zero attached hydrogens (tertiary/aromatic N) is 3. The Morgan fingerprint density at radius 3 is 2.88 bits per heavy atom. The zero-order valence-corrected chi connectivity index (χ0v) is 14.8. The standard InChI is InChI=1S/C19H21N5O2/c1-12-3-6-16-15(7-12)14(9-20-16)10-21-22-17-8-18(25)23(2)19(26)24(17)11-13-4-5-13/h3,6-10,13,20,22H,4-5,11H2,1-2H3. The van der Waals surface area contributed by atoms with Gasteiger partial charge in [0.1, 0.15) is 5.82 Å². The van der Waals surface area contributed by atoms with Crippen molar-refractivity contribution < 1.29 is 0 Å². The molecule has 2 heterocycles. The highest BCUT2D eigenvalue weighted by atomic mass is 16.2. The van der Waals surface area contributed by atoms with Crippen molar-refractivity contribution in [2.75, 3.05) is 5.43 Å². The third-order valence-corrected chi connectivity index (χ3v) is 4.79. The minimum absolute atomic E-state index is 0.315. The van der Waals surface area contributed by atoms with E-state index in [0.29, 0.717) is 18.3 Å². The van der Waals surface area contributed by atoms with Crippen LogP contribution in [0.5, 0.6) is 0 Å². The summed E-state index contributed by atoms with van der Waals surface area (Å²) in [6, 6.07) is 7.59. The van der Waals surface area contributed by atoms with Gasteiger partial charge in [-0.3, -0.25) is 19.4 Å². The van der Waals surface area contributed by atoms with Crippen molar-refractivity contribution in [3.05, 3.63) is 62.4 Å². The Balaban J connectivity index is 1.64. The number of anilines is 1. The largest absolute Gasteiger partial charge is 0.361 e. The molecule has 1 aliphatic rings. The third-order valence-electron chi connectivity index (χ3n) is 4.79. The van der Waals surface area contributed by atoms with Gasteiger partial charge in [0, 0.05) is 42.3 Å². The van der Waals surface area contributed by atoms with Crippen LogP contribution in [0.1, 0.15) is 24.0 Å². The van der Waals surface area contributed by atoms with Gasteiger partial charge in [-0.1, -0.05) is 11.6 Å². The topological polar surface area (TPSA) is 84.2 Å². The van der Waals surface area contributed by atoms with E-state index < -0.39 is 0 Å². The van der Waals surface area contributed by atoms with E-state index in [9.17, 15) is 9.59 Å². The predicted octanol–water partition coefficient (Wildman–Crippen LogP) is 2.19. The molecule has 1 saturated carbocycles. The SMILES string of the molecule is Cc1ccc2[nH]cc(C=NNc3cc(=O)n(C)c(=O)n3CC3CC3)c2c1. The molecule has 0 amide bonds. The number of nitrogens with one attached hydrogen (secondary N) is 2. The van der Waals surface area contributed by atoms with Gasteiger partial charge in [-0.05, 0) is 37.8 Å². The molecule has 1 aliphatic carbocycles. The molecule has 0 spiro atoms. The summed E-state index contributed by atoms with van der Waals surface area (Å²) in [5.74, 6) is 0.934. The number of fused-ring (bicyclic) bond motifs is 1. The molecule has 134 valence electrons. The number of hydrogen-bond donors (Lipinski definition) is 2. The highest BCUT2D eigenvalue weighted by molar-refractivity contribution is 5.99. The molecule has 4 rings (SSSR count). The van der Waals surface area contributed by atoms with E-state index in [4.69, 9.17) is 0 Å². The summed E-state index contributed by atoms with van der Waals surface area (Å²) in [5.41, 5.74) is 5.37. The average molecular weight is 351 g/mol. The molecule has 0 atom stereocenters. The highest BCUT2D eigenvalue weighted by Crippen LogP contribution is 2.30. The van der Waals surface area contributed by atoms with Crippen LogP contribution in [0.3, 0.4) is 0 Å². The quantitative estimate of drug-likeness (QED) is 0.546. The van der Waals surface area contributed by atoms with Crippen LogP contribution in [0, 0.1) is 12.8 Å². The summed E-state index contributed by atoms with van der Waals surface area (Å²) >= 11 is 0. The smallest absolute Gasteiger partial charge is 0.332 e. The maximum Gasteiger partial charge on any atom is 0.332 e. The lowest BCUT2D eigenvalue weighted by molar-refractivity contribution is 0.564. The lowest BCUT2D eigenvalue weighted by Crippen LogP contribution is -2.38. The van der Waals surface area contributed by atoms with Crippen LogP contribution in [0.2, 0.25) is 0 Å². The molecule has 1 aromatic carbocycles. The third kappa shape index (κ3) is 3.08. The fourth-order valence-electron chi connectivity index (χ4n) is 3.03. The first-order chi connectivity index (χ1) is 12.5. The summed E-state index contributed by atoms with van der Waals surface area (Å²) in [6.07, 6.45) is 5.82. The molecule has 0 bridgehead atoms. The van der Waals surface area contributed by atoms with Crippen molar-refractivity contribution in [2.24, 2.45) is 18.1 Å². The second kappa shape index (κ2) is 6.33. The Labute approximate surface area is 150 Å². The van der Waals surface area contributed by atoms with Crippen molar-refractivity contribution in [3.63, 3.8) is 0 Å². The van der Waals surface area contributed by atoms with Gasteiger partial charge in [-0.2, -0.15) is 5.10 Å². The van der Waals surface area contributed by atoms with E-state index in [1.807, 2.05) is 25.3 Å². The molecule has 7 heteroatoms. The molecular weight excluding hydrogens is 330 g/mol. The van der Waals surface area contributed by atoms with E-state index in [1.54, 1.807) is 10.8 Å². The van der Waals surface area contributed by atoms with E-state index in [2.05, 4.69) is 21.6 Å². The van der Waals surface area contributed by atoms with Gasteiger partial charge < -0.3 is 4.98 Å². The number of aromatic amines is 1. The molecule has 3 aromatic rings. The van der Waals surface area contributed by atoms with Gasteiger partial charge >= 0.3 is 5.69 Å². The summed E-state index contributed by atoms with van der Waals surface area (Å²) in [4.78, 5) is 27.6. The molecule has 1 fully saturated rings. The van der Waals surface area contributed by atoms with Gasteiger partial charge in [0.25, 0.3) is 5.56 Å². The Hall–Kier alpha value is -3.09. The van der Waals surface area contributed by atoms with Crippen LogP contribution in [0.25, 0.3) is 10.9 Å². The number of aryl methyl sites for hydroxylation is 1. The second-order valence-corrected chi connectivity index (χ2v) is 6.93. The molecule has 26 heavy (non-hydrogen) atoms. The minimum Gasteiger partial charge on any atom is -0.361 e. The molecule has 0 radical (unpaired) electrons. The van der Waals surface area contributed by atoms with E-state index in [1.165, 1.54) is 18.7 Å². The van der Waals surface area contributed by atoms with Gasteiger partial charge in [0.05, 0.1) is 6.21 Å². The van der Waals surface area contributed by atoms with Crippen molar-refractivity contribution in [1.82, 2.24) is 14.1 Å². The first kappa shape index (κ1) is 16.4. The van der Waals surface area contributed by atoms with E-state index in [0.717, 1.165) is 33.9 Å². The zero-order chi connectivity index (χ0) is 18.3. The number of aromatic nitrogens is 3. The van der Waals surface area contributed by atoms with Crippen molar-refractivity contribution in [2.45, 2.75) is 26.3 Å². The van der Waals surface area contributed by atoms with Crippen LogP contribution >= 0.6 is 0 Å². The second-order valence-electron chi connectivity index (χ2n) is 6.93. The van der Waals surface area contributed by atoms with Crippen LogP contribution in [0.15, 0.2) is 45.2 Å². The lowest BCUT2D eigenvalue weighted by Gasteiger charge is -2.12. The van der Waals surface area contributed by atoms with E-state index >= 15 is 0 Å². The summed E-state index contributed by atoms with van der Waals surface area (Å²) in [6.45, 7) is 2.65. The minimum atomic E-state index is -0.345. The van der Waals surface area contributed by atoms with Gasteiger partial charge in [0.15, 0.2) is 0 Å². The Morgan fingerprint density at radius 2 is 2.12 bits per heavy atom. The maximum absolute atomic E-state index is 12.4. The summed E-state index contributed by atoms with van der Waals surface area (Å²) in [7, 11) is 1.50. The number of hydrogen-bond acceptors (Lipinski definition) is 4. The highest BCUT2D eigenvalue weighted by Gasteiger charge is 2.24. The molecule has 2 aromatic heterocycles. The molecule has 0 saturated heterocycles. The van der Waals surface area contributed by atoms with Crippen LogP contribution in [-0.2, 0) is 13.6 Å². The molecule has 0 unspecified atom stereocenters. The Morgan fingerprint density at radius 1 is 1.31 bits per heavy atom. The number of H-pyrrole nitrogens is 1. The maximum atomic E-state index is 12.4. The number of rotatable bonds is 5. The van der Waals surface area contributed by atoms with Crippen molar-refractivity contribution in [3.8, 4) is 0 Å². The normalized spacial score (nSPS) is 14.4. The number of hydrazone groups is 1. The van der Waals surface area contributed by atoms with E-state index in [-0.39, 0.29) is 11.2 Å². The van der Waals surface area contributed by atoms with Gasteiger partial charge in [-0.25, -0.2) is 4.79 Å². The zero-order valence-electron chi connectivity index (χ0n) is 14.8. The molecule has 7 nitrogen and oxygen atoms in total. The van der Waals surface area contributed by atoms with Crippen LogP contribution in [-0.4, -0.2) is 20.3 Å². The average Bonchev–Trinajstić information content (AvgIpc) is 3.36. The van der Waals surface area contributed by atoms with Crippen molar-refractivity contribution in [1.29, 1.82) is 0 Å². The Kier molecular flexibility index (Phi) is 3.99. The molecule has 2 N–H and O–H groups in total. The van der Waals surface area contributed by atoms with Crippen molar-refractivity contribution >= 4 is 22.9 Å². The summed E-state index contributed by atoms with van der Waals surface area (Å²) < 4.78 is 2.72. The van der Waals surface area contributed by atoms with Gasteiger partial charge in [0.2, 0.25) is 0 Å². The monoisotopic (exact) mass is 351 g/mol. The molecule has 0 aliphatic heterocycles. The fourth-order valence-corrected chi connectivity index (χ4v) is 3.03. The van der Waals surface area contributed by atoms with Gasteiger partial charge in [-0.15, -0.1) is 0 Å². The number of benzene rings is 1. The predicted molar refractivity (Wildman–Crippen MR) is 103 cm³/mol. The fraction of sp³-hybridized carbons (Fsp3) is 0.316. The Bertz CT molecular complexity index is 1120. The summed E-state index contributed by atoms with van der Waals surface area (Å²) in [5, 5.41) is 5.34. The van der Waals surface area contributed by atoms with Crippen LogP contribution in [0.4, 0.5) is 5.82 Å². The lowest BCUT2D eigenvalue weighted by atomic mass is 10.1. The first-order valence-electron chi connectivity index (χ1n) is 8.70. The van der Waals surface area contributed by atoms with Crippen LogP contribution < -0.4 is 16.7 Å².